The van der Waals surface area contributed by atoms with Gasteiger partial charge in [-0.2, -0.15) is 0 Å². The lowest BCUT2D eigenvalue weighted by molar-refractivity contribution is -0.158. The minimum atomic E-state index is -1.14. The second-order valence-electron chi connectivity index (χ2n) is 4.72. The summed E-state index contributed by atoms with van der Waals surface area (Å²) in [7, 11) is 0. The molecular formula is C15H20O4. The molecule has 0 aliphatic carbocycles. The van der Waals surface area contributed by atoms with Gasteiger partial charge in [-0.15, -0.1) is 0 Å². The normalized spacial score (nSPS) is 12.0. The third-order valence-corrected chi connectivity index (χ3v) is 3.12. The summed E-state index contributed by atoms with van der Waals surface area (Å²) in [5.41, 5.74) is 4.05. The first-order valence-corrected chi connectivity index (χ1v) is 6.33. The third-order valence-electron chi connectivity index (χ3n) is 3.12. The molecule has 1 aromatic rings. The monoisotopic (exact) mass is 264 g/mol. The summed E-state index contributed by atoms with van der Waals surface area (Å²) in [6, 6.07) is 3.98. The predicted molar refractivity (Wildman–Crippen MR) is 72.1 cm³/mol. The fourth-order valence-corrected chi connectivity index (χ4v) is 2.25. The van der Waals surface area contributed by atoms with Crippen LogP contribution in [0.25, 0.3) is 0 Å². The maximum atomic E-state index is 11.7. The van der Waals surface area contributed by atoms with Gasteiger partial charge in [-0.3, -0.25) is 9.59 Å². The number of esters is 1. The predicted octanol–water partition coefficient (Wildman–Crippen LogP) is 2.42. The first-order valence-electron chi connectivity index (χ1n) is 6.33. The van der Waals surface area contributed by atoms with Gasteiger partial charge < -0.3 is 9.84 Å². The van der Waals surface area contributed by atoms with E-state index in [1.165, 1.54) is 0 Å². The van der Waals surface area contributed by atoms with Crippen molar-refractivity contribution < 1.29 is 19.4 Å². The number of ether oxygens (including phenoxy) is 1. The van der Waals surface area contributed by atoms with Gasteiger partial charge in [0.25, 0.3) is 0 Å². The number of hydrogen-bond donors (Lipinski definition) is 1. The first kappa shape index (κ1) is 15.2. The van der Waals surface area contributed by atoms with E-state index < -0.39 is 17.9 Å². The Morgan fingerprint density at radius 2 is 1.74 bits per heavy atom. The summed E-state index contributed by atoms with van der Waals surface area (Å²) >= 11 is 0. The zero-order valence-corrected chi connectivity index (χ0v) is 11.8. The molecule has 0 spiro atoms. The van der Waals surface area contributed by atoms with Crippen molar-refractivity contribution in [3.63, 3.8) is 0 Å². The molecule has 4 heteroatoms. The van der Waals surface area contributed by atoms with Crippen LogP contribution in [0.3, 0.4) is 0 Å². The summed E-state index contributed by atoms with van der Waals surface area (Å²) in [5, 5.41) is 9.17. The molecule has 1 atom stereocenters. The number of benzene rings is 1. The van der Waals surface area contributed by atoms with Crippen LogP contribution in [0.15, 0.2) is 12.1 Å². The molecule has 1 N–H and O–H groups in total. The lowest BCUT2D eigenvalue weighted by Gasteiger charge is -2.15. The highest BCUT2D eigenvalue weighted by molar-refractivity contribution is 5.94. The highest BCUT2D eigenvalue weighted by Crippen LogP contribution is 2.21. The summed E-state index contributed by atoms with van der Waals surface area (Å²) < 4.78 is 4.82. The number of carbonyl (C=O) groups excluding carboxylic acids is 1. The topological polar surface area (TPSA) is 63.6 Å². The lowest BCUT2D eigenvalue weighted by atomic mass is 9.91. The van der Waals surface area contributed by atoms with Crippen molar-refractivity contribution in [2.45, 2.75) is 34.1 Å². The molecule has 0 radical (unpaired) electrons. The van der Waals surface area contributed by atoms with Crippen molar-refractivity contribution in [3.8, 4) is 0 Å². The summed E-state index contributed by atoms with van der Waals surface area (Å²) in [5.74, 6) is -2.95. The average molecular weight is 264 g/mol. The van der Waals surface area contributed by atoms with Gasteiger partial charge in [-0.05, 0) is 50.8 Å². The third kappa shape index (κ3) is 3.81. The maximum Gasteiger partial charge on any atom is 0.320 e. The van der Waals surface area contributed by atoms with Crippen LogP contribution in [-0.2, 0) is 20.7 Å². The van der Waals surface area contributed by atoms with Crippen molar-refractivity contribution in [2.75, 3.05) is 6.61 Å². The fourth-order valence-electron chi connectivity index (χ4n) is 2.25. The van der Waals surface area contributed by atoms with Crippen LogP contribution in [-0.4, -0.2) is 23.7 Å². The Balaban J connectivity index is 3.04. The number of carbonyl (C=O) groups is 2. The smallest absolute Gasteiger partial charge is 0.320 e. The zero-order valence-electron chi connectivity index (χ0n) is 11.8. The average Bonchev–Trinajstić information content (AvgIpc) is 2.27. The fraction of sp³-hybridized carbons (Fsp3) is 0.467. The van der Waals surface area contributed by atoms with Crippen LogP contribution >= 0.6 is 0 Å². The van der Waals surface area contributed by atoms with Crippen molar-refractivity contribution in [1.82, 2.24) is 0 Å². The largest absolute Gasteiger partial charge is 0.481 e. The number of rotatable bonds is 5. The number of aliphatic carboxylic acids is 1. The Kier molecular flexibility index (Phi) is 5.10. The van der Waals surface area contributed by atoms with Gasteiger partial charge in [0, 0.05) is 0 Å². The van der Waals surface area contributed by atoms with Crippen LogP contribution < -0.4 is 0 Å². The van der Waals surface area contributed by atoms with E-state index >= 15 is 0 Å². The molecule has 19 heavy (non-hydrogen) atoms. The molecule has 1 rings (SSSR count). The number of aryl methyl sites for hydroxylation is 3. The Morgan fingerprint density at radius 3 is 2.16 bits per heavy atom. The molecular weight excluding hydrogens is 244 g/mol. The number of carboxylic acid groups (broad SMARTS) is 1. The van der Waals surface area contributed by atoms with Gasteiger partial charge in [0.05, 0.1) is 6.61 Å². The molecule has 0 amide bonds. The Labute approximate surface area is 113 Å². The zero-order chi connectivity index (χ0) is 14.6. The van der Waals surface area contributed by atoms with E-state index in [1.54, 1.807) is 6.92 Å². The van der Waals surface area contributed by atoms with Gasteiger partial charge in [0.2, 0.25) is 0 Å². The SMILES string of the molecule is CCOC(=O)C(Cc1c(C)cc(C)cc1C)C(=O)O. The van der Waals surface area contributed by atoms with Gasteiger partial charge in [0.15, 0.2) is 5.92 Å². The molecule has 0 saturated heterocycles. The van der Waals surface area contributed by atoms with E-state index in [0.29, 0.717) is 0 Å². The second kappa shape index (κ2) is 6.36. The van der Waals surface area contributed by atoms with Crippen molar-refractivity contribution in [1.29, 1.82) is 0 Å². The van der Waals surface area contributed by atoms with Gasteiger partial charge in [0.1, 0.15) is 0 Å². The van der Waals surface area contributed by atoms with Crippen molar-refractivity contribution in [3.05, 3.63) is 34.4 Å². The summed E-state index contributed by atoms with van der Waals surface area (Å²) in [6.07, 6.45) is 0.173. The van der Waals surface area contributed by atoms with E-state index in [1.807, 2.05) is 32.9 Å². The van der Waals surface area contributed by atoms with E-state index in [2.05, 4.69) is 0 Å². The molecule has 0 saturated carbocycles. The molecule has 0 aliphatic heterocycles. The molecule has 0 bridgehead atoms. The summed E-state index contributed by atoms with van der Waals surface area (Å²) in [6.45, 7) is 7.70. The van der Waals surface area contributed by atoms with Crippen LogP contribution in [0.5, 0.6) is 0 Å². The molecule has 1 unspecified atom stereocenters. The van der Waals surface area contributed by atoms with Crippen molar-refractivity contribution in [2.24, 2.45) is 5.92 Å². The van der Waals surface area contributed by atoms with Gasteiger partial charge >= 0.3 is 11.9 Å². The van der Waals surface area contributed by atoms with Gasteiger partial charge in [-0.25, -0.2) is 0 Å². The van der Waals surface area contributed by atoms with Crippen molar-refractivity contribution >= 4 is 11.9 Å². The van der Waals surface area contributed by atoms with Crippen LogP contribution in [0, 0.1) is 26.7 Å². The first-order chi connectivity index (χ1) is 8.86. The molecule has 4 nitrogen and oxygen atoms in total. The molecule has 1 aromatic carbocycles. The van der Waals surface area contributed by atoms with Crippen LogP contribution in [0.2, 0.25) is 0 Å². The Bertz CT molecular complexity index is 468. The van der Waals surface area contributed by atoms with Crippen LogP contribution in [0.1, 0.15) is 29.2 Å². The van der Waals surface area contributed by atoms with E-state index in [9.17, 15) is 9.59 Å². The number of carboxylic acids is 1. The molecule has 0 aliphatic rings. The molecule has 0 heterocycles. The lowest BCUT2D eigenvalue weighted by Crippen LogP contribution is -2.28. The molecule has 0 fully saturated rings. The molecule has 104 valence electrons. The maximum absolute atomic E-state index is 11.7. The Hall–Kier alpha value is -1.84. The van der Waals surface area contributed by atoms with E-state index in [4.69, 9.17) is 9.84 Å². The van der Waals surface area contributed by atoms with Crippen LogP contribution in [0.4, 0.5) is 0 Å². The van der Waals surface area contributed by atoms with E-state index in [-0.39, 0.29) is 13.0 Å². The molecule has 0 aromatic heterocycles. The summed E-state index contributed by atoms with van der Waals surface area (Å²) in [4.78, 5) is 22.9. The highest BCUT2D eigenvalue weighted by atomic mass is 16.5. The Morgan fingerprint density at radius 1 is 1.21 bits per heavy atom. The minimum absolute atomic E-state index is 0.173. The second-order valence-corrected chi connectivity index (χ2v) is 4.72. The standard InChI is InChI=1S/C15H20O4/c1-5-19-15(18)13(14(16)17)8-12-10(3)6-9(2)7-11(12)4/h6-7,13H,5,8H2,1-4H3,(H,16,17). The van der Waals surface area contributed by atoms with Gasteiger partial charge in [-0.1, -0.05) is 17.7 Å². The minimum Gasteiger partial charge on any atom is -0.481 e. The highest BCUT2D eigenvalue weighted by Gasteiger charge is 2.29. The quantitative estimate of drug-likeness (QED) is 0.655. The number of hydrogen-bond acceptors (Lipinski definition) is 3. The van der Waals surface area contributed by atoms with E-state index in [0.717, 1.165) is 22.3 Å².